The molecule has 0 aromatic carbocycles. The summed E-state index contributed by atoms with van der Waals surface area (Å²) in [5.74, 6) is -1.68. The molecule has 0 fully saturated rings. The Morgan fingerprint density at radius 3 is 2.55 bits per heavy atom. The predicted molar refractivity (Wildman–Crippen MR) is 65.8 cm³/mol. The third-order valence-electron chi connectivity index (χ3n) is 2.36. The number of imidazole rings is 1. The molecule has 0 radical (unpaired) electrons. The second-order valence-corrected chi connectivity index (χ2v) is 3.71. The highest BCUT2D eigenvalue weighted by Gasteiger charge is 2.28. The number of aromatic nitrogens is 2. The second kappa shape index (κ2) is 7.22. The molecule has 0 bridgehead atoms. The van der Waals surface area contributed by atoms with Crippen LogP contribution in [0.5, 0.6) is 0 Å². The lowest BCUT2D eigenvalue weighted by molar-refractivity contribution is -0.389. The number of ether oxygens (including phenoxy) is 2. The molecule has 9 heteroatoms. The average molecular weight is 285 g/mol. The van der Waals surface area contributed by atoms with Gasteiger partial charge in [-0.05, 0) is 23.8 Å². The molecule has 0 aliphatic carbocycles. The van der Waals surface area contributed by atoms with Crippen LogP contribution in [0.2, 0.25) is 0 Å². The minimum atomic E-state index is -1.03. The van der Waals surface area contributed by atoms with Gasteiger partial charge in [-0.2, -0.15) is 0 Å². The normalized spacial score (nSPS) is 11.7. The topological polar surface area (TPSA) is 114 Å². The van der Waals surface area contributed by atoms with Gasteiger partial charge in [-0.25, -0.2) is 4.79 Å². The van der Waals surface area contributed by atoms with Crippen molar-refractivity contribution in [3.05, 3.63) is 22.6 Å². The van der Waals surface area contributed by atoms with Gasteiger partial charge < -0.3 is 19.6 Å². The van der Waals surface area contributed by atoms with Crippen LogP contribution in [0.1, 0.15) is 26.3 Å². The molecule has 9 nitrogen and oxygen atoms in total. The van der Waals surface area contributed by atoms with Crippen molar-refractivity contribution in [2.75, 3.05) is 13.2 Å². The van der Waals surface area contributed by atoms with E-state index in [9.17, 15) is 19.7 Å². The minimum absolute atomic E-state index is 0.134. The summed E-state index contributed by atoms with van der Waals surface area (Å²) in [6, 6.07) is -1.03. The van der Waals surface area contributed by atoms with Gasteiger partial charge in [0.05, 0.1) is 19.6 Å². The zero-order valence-electron chi connectivity index (χ0n) is 11.1. The standard InChI is InChI=1S/C11H15N3O6/c1-3-19-10(15)5-8(11(16)20-4-2)13-6-9(12-7-13)14(17)18/h6-8H,3-5H2,1-2H3. The summed E-state index contributed by atoms with van der Waals surface area (Å²) in [6.07, 6.45) is 1.90. The maximum atomic E-state index is 11.8. The van der Waals surface area contributed by atoms with Crippen LogP contribution >= 0.6 is 0 Å². The van der Waals surface area contributed by atoms with E-state index < -0.39 is 28.7 Å². The number of carbonyl (C=O) groups is 2. The lowest BCUT2D eigenvalue weighted by Crippen LogP contribution is -2.24. The Hall–Kier alpha value is -2.45. The van der Waals surface area contributed by atoms with E-state index in [1.54, 1.807) is 13.8 Å². The molecule has 1 unspecified atom stereocenters. The number of hydrogen-bond acceptors (Lipinski definition) is 7. The first-order chi connectivity index (χ1) is 9.49. The van der Waals surface area contributed by atoms with Crippen molar-refractivity contribution in [3.8, 4) is 0 Å². The minimum Gasteiger partial charge on any atom is -0.466 e. The van der Waals surface area contributed by atoms with Crippen LogP contribution in [-0.2, 0) is 19.1 Å². The summed E-state index contributed by atoms with van der Waals surface area (Å²) < 4.78 is 10.8. The molecule has 0 spiro atoms. The van der Waals surface area contributed by atoms with Crippen LogP contribution in [0.3, 0.4) is 0 Å². The van der Waals surface area contributed by atoms with Crippen LogP contribution in [0.4, 0.5) is 5.82 Å². The molecule has 0 N–H and O–H groups in total. The first-order valence-electron chi connectivity index (χ1n) is 5.99. The van der Waals surface area contributed by atoms with Crippen molar-refractivity contribution in [1.82, 2.24) is 9.55 Å². The maximum absolute atomic E-state index is 11.8. The molecular formula is C11H15N3O6. The van der Waals surface area contributed by atoms with Crippen molar-refractivity contribution < 1.29 is 24.0 Å². The van der Waals surface area contributed by atoms with Crippen LogP contribution in [0.15, 0.2) is 12.5 Å². The molecule has 0 aliphatic rings. The van der Waals surface area contributed by atoms with E-state index in [4.69, 9.17) is 9.47 Å². The van der Waals surface area contributed by atoms with Gasteiger partial charge >= 0.3 is 17.8 Å². The third kappa shape index (κ3) is 4.04. The Morgan fingerprint density at radius 1 is 1.40 bits per heavy atom. The van der Waals surface area contributed by atoms with Crippen molar-refractivity contribution in [2.45, 2.75) is 26.3 Å². The number of rotatable bonds is 7. The number of nitro groups is 1. The predicted octanol–water partition coefficient (Wildman–Crippen LogP) is 0.849. The van der Waals surface area contributed by atoms with E-state index in [1.807, 2.05) is 0 Å². The Balaban J connectivity index is 2.93. The fraction of sp³-hybridized carbons (Fsp3) is 0.545. The van der Waals surface area contributed by atoms with Gasteiger partial charge in [-0.1, -0.05) is 0 Å². The number of carbonyl (C=O) groups excluding carboxylic acids is 2. The molecule has 0 amide bonds. The van der Waals surface area contributed by atoms with Crippen molar-refractivity contribution in [1.29, 1.82) is 0 Å². The zero-order valence-corrected chi connectivity index (χ0v) is 11.1. The number of esters is 2. The van der Waals surface area contributed by atoms with Crippen LogP contribution < -0.4 is 0 Å². The van der Waals surface area contributed by atoms with Gasteiger partial charge in [0, 0.05) is 0 Å². The smallest absolute Gasteiger partial charge is 0.381 e. The molecule has 1 aromatic rings. The van der Waals surface area contributed by atoms with E-state index >= 15 is 0 Å². The van der Waals surface area contributed by atoms with Gasteiger partial charge in [0.25, 0.3) is 0 Å². The Morgan fingerprint density at radius 2 is 2.05 bits per heavy atom. The first kappa shape index (κ1) is 15.6. The van der Waals surface area contributed by atoms with Crippen LogP contribution in [0.25, 0.3) is 0 Å². The van der Waals surface area contributed by atoms with Crippen molar-refractivity contribution in [3.63, 3.8) is 0 Å². The summed E-state index contributed by atoms with van der Waals surface area (Å²) in [4.78, 5) is 36.7. The zero-order chi connectivity index (χ0) is 15.1. The highest BCUT2D eigenvalue weighted by atomic mass is 16.6. The van der Waals surface area contributed by atoms with Crippen molar-refractivity contribution >= 4 is 17.8 Å². The van der Waals surface area contributed by atoms with E-state index in [0.29, 0.717) is 0 Å². The number of nitrogens with zero attached hydrogens (tertiary/aromatic N) is 3. The second-order valence-electron chi connectivity index (χ2n) is 3.71. The molecule has 110 valence electrons. The first-order valence-corrected chi connectivity index (χ1v) is 5.99. The largest absolute Gasteiger partial charge is 0.466 e. The summed E-state index contributed by atoms with van der Waals surface area (Å²) in [6.45, 7) is 3.57. The highest BCUT2D eigenvalue weighted by Crippen LogP contribution is 2.18. The molecule has 1 rings (SSSR count). The molecule has 1 aromatic heterocycles. The average Bonchev–Trinajstić information content (AvgIpc) is 2.86. The summed E-state index contributed by atoms with van der Waals surface area (Å²) in [5, 5.41) is 10.6. The molecule has 1 heterocycles. The van der Waals surface area contributed by atoms with Gasteiger partial charge in [0.2, 0.25) is 6.33 Å². The van der Waals surface area contributed by atoms with Gasteiger partial charge in [-0.3, -0.25) is 9.36 Å². The molecule has 0 saturated heterocycles. The van der Waals surface area contributed by atoms with Gasteiger partial charge in [-0.15, -0.1) is 0 Å². The fourth-order valence-corrected chi connectivity index (χ4v) is 1.52. The highest BCUT2D eigenvalue weighted by molar-refractivity contribution is 5.81. The fourth-order valence-electron chi connectivity index (χ4n) is 1.52. The van der Waals surface area contributed by atoms with Gasteiger partial charge in [0.15, 0.2) is 0 Å². The van der Waals surface area contributed by atoms with E-state index in [1.165, 1.54) is 4.57 Å². The quantitative estimate of drug-likeness (QED) is 0.414. The third-order valence-corrected chi connectivity index (χ3v) is 2.36. The van der Waals surface area contributed by atoms with Crippen LogP contribution in [0, 0.1) is 10.1 Å². The van der Waals surface area contributed by atoms with E-state index in [-0.39, 0.29) is 19.6 Å². The van der Waals surface area contributed by atoms with Crippen LogP contribution in [-0.4, -0.2) is 39.6 Å². The van der Waals surface area contributed by atoms with Crippen molar-refractivity contribution in [2.24, 2.45) is 0 Å². The summed E-state index contributed by atoms with van der Waals surface area (Å²) >= 11 is 0. The lowest BCUT2D eigenvalue weighted by Gasteiger charge is -2.14. The Bertz CT molecular complexity index is 498. The van der Waals surface area contributed by atoms with E-state index in [2.05, 4.69) is 4.98 Å². The molecule has 0 saturated carbocycles. The summed E-state index contributed by atoms with van der Waals surface area (Å²) in [5.41, 5.74) is 0. The monoisotopic (exact) mass is 285 g/mol. The Kier molecular flexibility index (Phi) is 5.63. The number of hydrogen-bond donors (Lipinski definition) is 0. The van der Waals surface area contributed by atoms with Gasteiger partial charge in [0.1, 0.15) is 12.2 Å². The van der Waals surface area contributed by atoms with E-state index in [0.717, 1.165) is 12.5 Å². The SMILES string of the molecule is CCOC(=O)CC(C(=O)OCC)n1cnc([N+](=O)[O-])c1. The molecular weight excluding hydrogens is 270 g/mol. The molecule has 20 heavy (non-hydrogen) atoms. The molecule has 0 aliphatic heterocycles. The Labute approximate surface area is 114 Å². The lowest BCUT2D eigenvalue weighted by atomic mass is 10.2. The maximum Gasteiger partial charge on any atom is 0.381 e. The summed E-state index contributed by atoms with van der Waals surface area (Å²) in [7, 11) is 0. The molecule has 1 atom stereocenters.